The highest BCUT2D eigenvalue weighted by atomic mass is 16.6. The van der Waals surface area contributed by atoms with Crippen molar-refractivity contribution in [2.45, 2.75) is 26.3 Å². The van der Waals surface area contributed by atoms with Gasteiger partial charge < -0.3 is 10.2 Å². The minimum atomic E-state index is -0.386. The Bertz CT molecular complexity index is 496. The van der Waals surface area contributed by atoms with E-state index in [-0.39, 0.29) is 16.7 Å². The fraction of sp³-hybridized carbons (Fsp3) is 0.462. The van der Waals surface area contributed by atoms with Crippen LogP contribution in [0.15, 0.2) is 18.2 Å². The second-order valence-electron chi connectivity index (χ2n) is 4.28. The van der Waals surface area contributed by atoms with Crippen molar-refractivity contribution in [3.8, 4) is 6.07 Å². The number of nitro groups is 1. The Morgan fingerprint density at radius 3 is 2.79 bits per heavy atom. The second-order valence-corrected chi connectivity index (χ2v) is 4.28. The zero-order chi connectivity index (χ0) is 14.4. The van der Waals surface area contributed by atoms with Gasteiger partial charge in [0.05, 0.1) is 17.4 Å². The van der Waals surface area contributed by atoms with Gasteiger partial charge in [0.25, 0.3) is 0 Å². The highest BCUT2D eigenvalue weighted by molar-refractivity contribution is 5.77. The van der Waals surface area contributed by atoms with E-state index in [4.69, 9.17) is 5.26 Å². The summed E-state index contributed by atoms with van der Waals surface area (Å²) >= 11 is 0. The van der Waals surface area contributed by atoms with Crippen molar-refractivity contribution >= 4 is 17.1 Å². The average molecular weight is 262 g/mol. The fourth-order valence-electron chi connectivity index (χ4n) is 1.85. The minimum absolute atomic E-state index is 0.0524. The normalized spacial score (nSPS) is 11.5. The maximum atomic E-state index is 11.3. The first-order valence-electron chi connectivity index (χ1n) is 6.14. The number of anilines is 2. The Labute approximate surface area is 112 Å². The predicted octanol–water partition coefficient (Wildman–Crippen LogP) is 2.76. The molecule has 1 aromatic rings. The summed E-state index contributed by atoms with van der Waals surface area (Å²) in [7, 11) is 1.76. The molecule has 0 spiro atoms. The summed E-state index contributed by atoms with van der Waals surface area (Å²) in [5.74, 6) is 0. The van der Waals surface area contributed by atoms with Crippen LogP contribution in [0.25, 0.3) is 0 Å². The third kappa shape index (κ3) is 3.35. The number of hydrogen-bond acceptors (Lipinski definition) is 5. The van der Waals surface area contributed by atoms with Crippen LogP contribution in [-0.4, -0.2) is 24.6 Å². The van der Waals surface area contributed by atoms with Gasteiger partial charge in [-0.3, -0.25) is 10.1 Å². The number of rotatable bonds is 6. The molecule has 6 nitrogen and oxygen atoms in total. The van der Waals surface area contributed by atoms with Gasteiger partial charge in [0, 0.05) is 19.6 Å². The number of nitrogens with one attached hydrogen (secondary N) is 1. The van der Waals surface area contributed by atoms with Crippen molar-refractivity contribution in [2.75, 3.05) is 23.8 Å². The number of nitrogens with zero attached hydrogens (tertiary/aromatic N) is 3. The van der Waals surface area contributed by atoms with Crippen molar-refractivity contribution in [3.05, 3.63) is 28.3 Å². The molecule has 0 aromatic heterocycles. The Kier molecular flexibility index (Phi) is 5.12. The molecule has 0 saturated carbocycles. The van der Waals surface area contributed by atoms with Gasteiger partial charge >= 0.3 is 5.69 Å². The Balaban J connectivity index is 3.23. The molecule has 0 aliphatic carbocycles. The molecule has 0 aliphatic heterocycles. The zero-order valence-corrected chi connectivity index (χ0v) is 11.4. The highest BCUT2D eigenvalue weighted by Gasteiger charge is 2.24. The van der Waals surface area contributed by atoms with Crippen molar-refractivity contribution in [2.24, 2.45) is 0 Å². The van der Waals surface area contributed by atoms with E-state index in [0.29, 0.717) is 24.3 Å². The molecular weight excluding hydrogens is 244 g/mol. The summed E-state index contributed by atoms with van der Waals surface area (Å²) < 4.78 is 0. The van der Waals surface area contributed by atoms with Crippen molar-refractivity contribution in [3.63, 3.8) is 0 Å². The Hall–Kier alpha value is -2.29. The third-order valence-corrected chi connectivity index (χ3v) is 2.99. The van der Waals surface area contributed by atoms with Gasteiger partial charge in [-0.2, -0.15) is 5.26 Å². The summed E-state index contributed by atoms with van der Waals surface area (Å²) in [6.07, 6.45) is 0.319. The first kappa shape index (κ1) is 14.8. The third-order valence-electron chi connectivity index (χ3n) is 2.99. The maximum absolute atomic E-state index is 11.3. The van der Waals surface area contributed by atoms with Gasteiger partial charge in [0.15, 0.2) is 0 Å². The van der Waals surface area contributed by atoms with Crippen LogP contribution in [0.2, 0.25) is 0 Å². The van der Waals surface area contributed by atoms with Gasteiger partial charge in [0.2, 0.25) is 0 Å². The number of nitriles is 1. The SMILES string of the molecule is CCNc1cccc(N(C)C(C)CC#N)c1[N+](=O)[O-]. The van der Waals surface area contributed by atoms with Crippen molar-refractivity contribution in [1.82, 2.24) is 0 Å². The summed E-state index contributed by atoms with van der Waals surface area (Å²) in [6.45, 7) is 4.37. The molecule has 1 N–H and O–H groups in total. The van der Waals surface area contributed by atoms with E-state index in [2.05, 4.69) is 11.4 Å². The first-order chi connectivity index (χ1) is 9.02. The van der Waals surface area contributed by atoms with E-state index in [0.717, 1.165) is 0 Å². The van der Waals surface area contributed by atoms with Crippen molar-refractivity contribution < 1.29 is 4.92 Å². The molecule has 1 rings (SSSR count). The molecule has 0 fully saturated rings. The largest absolute Gasteiger partial charge is 0.380 e. The quantitative estimate of drug-likeness (QED) is 0.629. The Morgan fingerprint density at radius 1 is 1.58 bits per heavy atom. The second kappa shape index (κ2) is 6.59. The monoisotopic (exact) mass is 262 g/mol. The molecule has 0 saturated heterocycles. The molecule has 0 heterocycles. The van der Waals surface area contributed by atoms with Crippen molar-refractivity contribution in [1.29, 1.82) is 5.26 Å². The lowest BCUT2D eigenvalue weighted by Gasteiger charge is -2.25. The van der Waals surface area contributed by atoms with Gasteiger partial charge in [-0.05, 0) is 26.0 Å². The molecular formula is C13H18N4O2. The Morgan fingerprint density at radius 2 is 2.26 bits per heavy atom. The first-order valence-corrected chi connectivity index (χ1v) is 6.14. The number of para-hydroxylation sites is 1. The molecule has 1 aromatic carbocycles. The average Bonchev–Trinajstić information content (AvgIpc) is 2.38. The molecule has 0 bridgehead atoms. The zero-order valence-electron chi connectivity index (χ0n) is 11.4. The molecule has 6 heteroatoms. The molecule has 0 aliphatic rings. The van der Waals surface area contributed by atoms with Crippen LogP contribution in [0.3, 0.4) is 0 Å². The summed E-state index contributed by atoms with van der Waals surface area (Å²) in [4.78, 5) is 12.7. The van der Waals surface area contributed by atoms with E-state index < -0.39 is 0 Å². The van der Waals surface area contributed by atoms with Crippen LogP contribution in [-0.2, 0) is 0 Å². The summed E-state index contributed by atoms with van der Waals surface area (Å²) in [6, 6.07) is 7.16. The minimum Gasteiger partial charge on any atom is -0.380 e. The topological polar surface area (TPSA) is 82.2 Å². The lowest BCUT2D eigenvalue weighted by atomic mass is 10.1. The highest BCUT2D eigenvalue weighted by Crippen LogP contribution is 2.35. The van der Waals surface area contributed by atoms with E-state index >= 15 is 0 Å². The molecule has 1 unspecified atom stereocenters. The van der Waals surface area contributed by atoms with Crippen LogP contribution in [0, 0.1) is 21.4 Å². The molecule has 102 valence electrons. The van der Waals surface area contributed by atoms with E-state index in [1.807, 2.05) is 13.8 Å². The van der Waals surface area contributed by atoms with Gasteiger partial charge in [-0.25, -0.2) is 0 Å². The number of hydrogen-bond donors (Lipinski definition) is 1. The van der Waals surface area contributed by atoms with Gasteiger partial charge in [-0.1, -0.05) is 6.07 Å². The number of nitro benzene ring substituents is 1. The lowest BCUT2D eigenvalue weighted by molar-refractivity contribution is -0.383. The summed E-state index contributed by atoms with van der Waals surface area (Å²) in [5, 5.41) is 23.0. The molecule has 19 heavy (non-hydrogen) atoms. The van der Waals surface area contributed by atoms with E-state index in [1.54, 1.807) is 30.1 Å². The van der Waals surface area contributed by atoms with Crippen LogP contribution < -0.4 is 10.2 Å². The molecule has 0 amide bonds. The predicted molar refractivity (Wildman–Crippen MR) is 75.4 cm³/mol. The van der Waals surface area contributed by atoms with Crippen LogP contribution in [0.4, 0.5) is 17.1 Å². The van der Waals surface area contributed by atoms with Gasteiger partial charge in [-0.15, -0.1) is 0 Å². The standard InChI is InChI=1S/C13H18N4O2/c1-4-15-11-6-5-7-12(13(11)17(18)19)16(3)10(2)8-9-14/h5-7,10,15H,4,8H2,1-3H3. The van der Waals surface area contributed by atoms with E-state index in [9.17, 15) is 10.1 Å². The van der Waals surface area contributed by atoms with Crippen LogP contribution >= 0.6 is 0 Å². The van der Waals surface area contributed by atoms with E-state index in [1.165, 1.54) is 0 Å². The van der Waals surface area contributed by atoms with Crippen LogP contribution in [0.1, 0.15) is 20.3 Å². The lowest BCUT2D eigenvalue weighted by Crippen LogP contribution is -2.29. The smallest absolute Gasteiger partial charge is 0.315 e. The molecule has 0 radical (unpaired) electrons. The maximum Gasteiger partial charge on any atom is 0.315 e. The van der Waals surface area contributed by atoms with Gasteiger partial charge in [0.1, 0.15) is 11.4 Å². The fourth-order valence-corrected chi connectivity index (χ4v) is 1.85. The summed E-state index contributed by atoms with van der Waals surface area (Å²) in [5.41, 5.74) is 1.07. The number of benzene rings is 1. The van der Waals surface area contributed by atoms with Crippen LogP contribution in [0.5, 0.6) is 0 Å². The molecule has 1 atom stereocenters.